The Bertz CT molecular complexity index is 719. The van der Waals surface area contributed by atoms with Crippen LogP contribution in [-0.4, -0.2) is 23.0 Å². The van der Waals surface area contributed by atoms with Crippen molar-refractivity contribution < 1.29 is 19.4 Å². The minimum atomic E-state index is -0.922. The van der Waals surface area contributed by atoms with Crippen LogP contribution in [0.3, 0.4) is 0 Å². The van der Waals surface area contributed by atoms with Gasteiger partial charge in [0.1, 0.15) is 11.3 Å². The Hall–Kier alpha value is -2.62. The molecular formula is C18H18O4. The number of carbonyl (C=O) groups is 2. The molecule has 22 heavy (non-hydrogen) atoms. The van der Waals surface area contributed by atoms with Crippen LogP contribution in [-0.2, 0) is 4.74 Å². The van der Waals surface area contributed by atoms with Crippen molar-refractivity contribution in [2.24, 2.45) is 0 Å². The molecule has 0 amide bonds. The first-order valence-corrected chi connectivity index (χ1v) is 7.00. The summed E-state index contributed by atoms with van der Waals surface area (Å²) in [6.07, 6.45) is -0.922. The van der Waals surface area contributed by atoms with Crippen LogP contribution in [0, 0.1) is 13.8 Å². The number of Topliss-reactive ketones (excluding diaryl/α,β-unsaturated/α-hetero) is 1. The van der Waals surface area contributed by atoms with Crippen molar-refractivity contribution in [1.29, 1.82) is 0 Å². The van der Waals surface area contributed by atoms with E-state index in [1.165, 1.54) is 19.1 Å². The smallest absolute Gasteiger partial charge is 0.342 e. The third-order valence-corrected chi connectivity index (χ3v) is 3.57. The molecule has 4 nitrogen and oxygen atoms in total. The van der Waals surface area contributed by atoms with E-state index in [-0.39, 0.29) is 17.1 Å². The van der Waals surface area contributed by atoms with Crippen molar-refractivity contribution in [3.05, 3.63) is 64.7 Å². The van der Waals surface area contributed by atoms with E-state index >= 15 is 0 Å². The van der Waals surface area contributed by atoms with E-state index in [0.29, 0.717) is 5.56 Å². The normalized spacial score (nSPS) is 11.8. The number of carbonyl (C=O) groups excluding carboxylic acids is 2. The van der Waals surface area contributed by atoms with Gasteiger partial charge < -0.3 is 9.84 Å². The first kappa shape index (κ1) is 15.8. The first-order chi connectivity index (χ1) is 10.4. The molecule has 0 aromatic heterocycles. The van der Waals surface area contributed by atoms with Crippen molar-refractivity contribution in [3.8, 4) is 5.75 Å². The van der Waals surface area contributed by atoms with E-state index < -0.39 is 12.1 Å². The fourth-order valence-electron chi connectivity index (χ4n) is 2.05. The second-order valence-corrected chi connectivity index (χ2v) is 5.23. The Morgan fingerprint density at radius 3 is 2.36 bits per heavy atom. The lowest BCUT2D eigenvalue weighted by atomic mass is 10.0. The maximum absolute atomic E-state index is 12.3. The van der Waals surface area contributed by atoms with E-state index in [4.69, 9.17) is 4.74 Å². The average molecular weight is 298 g/mol. The number of benzene rings is 2. The van der Waals surface area contributed by atoms with Gasteiger partial charge >= 0.3 is 5.97 Å². The first-order valence-electron chi connectivity index (χ1n) is 7.00. The van der Waals surface area contributed by atoms with Crippen LogP contribution in [0.4, 0.5) is 0 Å². The van der Waals surface area contributed by atoms with E-state index in [1.54, 1.807) is 24.3 Å². The molecule has 0 spiro atoms. The van der Waals surface area contributed by atoms with E-state index in [9.17, 15) is 14.7 Å². The van der Waals surface area contributed by atoms with Crippen LogP contribution in [0.15, 0.2) is 42.5 Å². The molecule has 0 radical (unpaired) electrons. The highest BCUT2D eigenvalue weighted by Gasteiger charge is 2.22. The molecule has 114 valence electrons. The summed E-state index contributed by atoms with van der Waals surface area (Å²) in [5.74, 6) is -1.16. The summed E-state index contributed by atoms with van der Waals surface area (Å²) in [7, 11) is 0. The number of esters is 1. The lowest BCUT2D eigenvalue weighted by molar-refractivity contribution is 0.0316. The molecule has 0 aliphatic carbocycles. The summed E-state index contributed by atoms with van der Waals surface area (Å²) >= 11 is 0. The van der Waals surface area contributed by atoms with Crippen LogP contribution in [0.25, 0.3) is 0 Å². The molecule has 0 aliphatic heterocycles. The molecule has 2 rings (SSSR count). The van der Waals surface area contributed by atoms with Crippen LogP contribution in [0.2, 0.25) is 0 Å². The van der Waals surface area contributed by atoms with Gasteiger partial charge in [-0.3, -0.25) is 4.79 Å². The number of aryl methyl sites for hydroxylation is 2. The van der Waals surface area contributed by atoms with Gasteiger partial charge in [0.05, 0.1) is 0 Å². The largest absolute Gasteiger partial charge is 0.507 e. The zero-order chi connectivity index (χ0) is 16.3. The summed E-state index contributed by atoms with van der Waals surface area (Å²) in [5.41, 5.74) is 2.64. The number of phenolic OH excluding ortho intramolecular Hbond substituents is 1. The predicted octanol–water partition coefficient (Wildman–Crippen LogP) is 3.44. The molecule has 4 heteroatoms. The zero-order valence-corrected chi connectivity index (χ0v) is 12.8. The van der Waals surface area contributed by atoms with Gasteiger partial charge in [0.2, 0.25) is 5.78 Å². The molecule has 0 heterocycles. The fraction of sp³-hybridized carbons (Fsp3) is 0.222. The maximum Gasteiger partial charge on any atom is 0.342 e. The number of para-hydroxylation sites is 1. The molecule has 0 unspecified atom stereocenters. The highest BCUT2D eigenvalue weighted by Crippen LogP contribution is 2.18. The maximum atomic E-state index is 12.3. The molecule has 2 aromatic rings. The molecule has 1 atom stereocenters. The second-order valence-electron chi connectivity index (χ2n) is 5.23. The highest BCUT2D eigenvalue weighted by molar-refractivity contribution is 6.02. The summed E-state index contributed by atoms with van der Waals surface area (Å²) in [6.45, 7) is 5.41. The summed E-state index contributed by atoms with van der Waals surface area (Å²) in [6, 6.07) is 11.4. The quantitative estimate of drug-likeness (QED) is 0.693. The average Bonchev–Trinajstić information content (AvgIpc) is 2.49. The monoisotopic (exact) mass is 298 g/mol. The number of rotatable bonds is 4. The summed E-state index contributed by atoms with van der Waals surface area (Å²) < 4.78 is 5.16. The lowest BCUT2D eigenvalue weighted by Gasteiger charge is -2.13. The van der Waals surface area contributed by atoms with Crippen LogP contribution < -0.4 is 0 Å². The van der Waals surface area contributed by atoms with Crippen molar-refractivity contribution in [2.45, 2.75) is 26.9 Å². The van der Waals surface area contributed by atoms with E-state index in [1.807, 2.05) is 19.9 Å². The molecular weight excluding hydrogens is 280 g/mol. The molecule has 0 saturated heterocycles. The van der Waals surface area contributed by atoms with Crippen molar-refractivity contribution in [3.63, 3.8) is 0 Å². The number of hydrogen-bond acceptors (Lipinski definition) is 4. The standard InChI is InChI=1S/C18H18O4/c1-11-8-9-14(10-12(11)2)17(20)13(3)22-18(21)15-6-4-5-7-16(15)19/h4-10,13,19H,1-3H3/t13-/m1/s1. The van der Waals surface area contributed by atoms with Crippen molar-refractivity contribution >= 4 is 11.8 Å². The van der Waals surface area contributed by atoms with Crippen LogP contribution >= 0.6 is 0 Å². The molecule has 1 N–H and O–H groups in total. The number of ether oxygens (including phenoxy) is 1. The van der Waals surface area contributed by atoms with E-state index in [0.717, 1.165) is 11.1 Å². The third-order valence-electron chi connectivity index (χ3n) is 3.57. The Kier molecular flexibility index (Phi) is 4.61. The number of ketones is 1. The van der Waals surface area contributed by atoms with Gasteiger partial charge in [-0.1, -0.05) is 24.3 Å². The number of hydrogen-bond donors (Lipinski definition) is 1. The molecule has 0 bridgehead atoms. The number of aromatic hydroxyl groups is 1. The Labute approximate surface area is 129 Å². The van der Waals surface area contributed by atoms with Crippen LogP contribution in [0.1, 0.15) is 38.8 Å². The van der Waals surface area contributed by atoms with E-state index in [2.05, 4.69) is 0 Å². The van der Waals surface area contributed by atoms with Gasteiger partial charge in [0, 0.05) is 5.56 Å². The highest BCUT2D eigenvalue weighted by atomic mass is 16.5. The molecule has 2 aromatic carbocycles. The fourth-order valence-corrected chi connectivity index (χ4v) is 2.05. The Morgan fingerprint density at radius 2 is 1.73 bits per heavy atom. The summed E-state index contributed by atoms with van der Waals surface area (Å²) in [5, 5.41) is 9.63. The zero-order valence-electron chi connectivity index (χ0n) is 12.8. The van der Waals surface area contributed by atoms with Gasteiger partial charge in [-0.2, -0.15) is 0 Å². The Morgan fingerprint density at radius 1 is 1.05 bits per heavy atom. The third kappa shape index (κ3) is 3.34. The van der Waals surface area contributed by atoms with Gasteiger partial charge in [-0.05, 0) is 50.1 Å². The second kappa shape index (κ2) is 6.43. The molecule has 0 fully saturated rings. The molecule has 0 saturated carbocycles. The van der Waals surface area contributed by atoms with Crippen LogP contribution in [0.5, 0.6) is 5.75 Å². The minimum absolute atomic E-state index is 0.0437. The minimum Gasteiger partial charge on any atom is -0.507 e. The molecule has 0 aliphatic rings. The van der Waals surface area contributed by atoms with Gasteiger partial charge in [0.25, 0.3) is 0 Å². The predicted molar refractivity (Wildman–Crippen MR) is 83.2 cm³/mol. The summed E-state index contributed by atoms with van der Waals surface area (Å²) in [4.78, 5) is 24.3. The topological polar surface area (TPSA) is 63.6 Å². The SMILES string of the molecule is Cc1ccc(C(=O)[C@@H](C)OC(=O)c2ccccc2O)cc1C. The van der Waals surface area contributed by atoms with Gasteiger partial charge in [-0.25, -0.2) is 4.79 Å². The number of phenols is 1. The van der Waals surface area contributed by atoms with Crippen molar-refractivity contribution in [2.75, 3.05) is 0 Å². The van der Waals surface area contributed by atoms with Gasteiger partial charge in [0.15, 0.2) is 6.10 Å². The van der Waals surface area contributed by atoms with Gasteiger partial charge in [-0.15, -0.1) is 0 Å². The Balaban J connectivity index is 2.13. The van der Waals surface area contributed by atoms with Crippen molar-refractivity contribution in [1.82, 2.24) is 0 Å². The lowest BCUT2D eigenvalue weighted by Crippen LogP contribution is -2.24.